The summed E-state index contributed by atoms with van der Waals surface area (Å²) in [5.41, 5.74) is 0. The summed E-state index contributed by atoms with van der Waals surface area (Å²) in [4.78, 5) is 0. The van der Waals surface area contributed by atoms with E-state index in [1.807, 2.05) is 0 Å². The normalized spacial score (nSPS) is 50.7. The van der Waals surface area contributed by atoms with Crippen LogP contribution in [0.3, 0.4) is 0 Å². The number of fused-ring (bicyclic) bond motifs is 3. The molecule has 6 heteroatoms. The lowest BCUT2D eigenvalue weighted by Crippen LogP contribution is -2.44. The fourth-order valence-electron chi connectivity index (χ4n) is 3.15. The minimum atomic E-state index is -2.92. The SMILES string of the molecule is O=S1(=O)CC(I)C2C(C1)OC1OCCCC12. The molecule has 0 bridgehead atoms. The summed E-state index contributed by atoms with van der Waals surface area (Å²) in [5, 5.41) is 0. The van der Waals surface area contributed by atoms with Crippen LogP contribution < -0.4 is 0 Å². The number of alkyl halides is 1. The lowest BCUT2D eigenvalue weighted by Gasteiger charge is -2.33. The van der Waals surface area contributed by atoms with Crippen molar-refractivity contribution in [3.63, 3.8) is 0 Å². The van der Waals surface area contributed by atoms with Crippen molar-refractivity contribution in [3.05, 3.63) is 0 Å². The fourth-order valence-corrected chi connectivity index (χ4v) is 7.44. The van der Waals surface area contributed by atoms with Crippen LogP contribution >= 0.6 is 22.6 Å². The van der Waals surface area contributed by atoms with Crippen molar-refractivity contribution in [2.45, 2.75) is 29.2 Å². The van der Waals surface area contributed by atoms with E-state index >= 15 is 0 Å². The number of hydrogen-bond donors (Lipinski definition) is 0. The second-order valence-electron chi connectivity index (χ2n) is 4.89. The Morgan fingerprint density at radius 2 is 2.06 bits per heavy atom. The van der Waals surface area contributed by atoms with Gasteiger partial charge in [0.25, 0.3) is 0 Å². The first-order chi connectivity index (χ1) is 7.57. The third-order valence-electron chi connectivity index (χ3n) is 3.80. The van der Waals surface area contributed by atoms with Crippen molar-refractivity contribution >= 4 is 32.4 Å². The number of rotatable bonds is 0. The molecule has 3 aliphatic rings. The summed E-state index contributed by atoms with van der Waals surface area (Å²) in [6, 6.07) is 0. The van der Waals surface area contributed by atoms with Crippen LogP contribution in [0.4, 0.5) is 0 Å². The first kappa shape index (κ1) is 11.7. The second-order valence-corrected chi connectivity index (χ2v) is 8.64. The van der Waals surface area contributed by atoms with Crippen molar-refractivity contribution in [3.8, 4) is 0 Å². The lowest BCUT2D eigenvalue weighted by molar-refractivity contribution is -0.163. The van der Waals surface area contributed by atoms with Crippen LogP contribution in [0, 0.1) is 11.8 Å². The molecule has 5 unspecified atom stereocenters. The van der Waals surface area contributed by atoms with E-state index in [2.05, 4.69) is 22.6 Å². The topological polar surface area (TPSA) is 52.6 Å². The predicted octanol–water partition coefficient (Wildman–Crippen LogP) is 0.986. The number of hydrogen-bond acceptors (Lipinski definition) is 4. The third-order valence-corrected chi connectivity index (χ3v) is 7.37. The molecule has 3 fully saturated rings. The Morgan fingerprint density at radius 3 is 2.88 bits per heavy atom. The van der Waals surface area contributed by atoms with Gasteiger partial charge in [-0.1, -0.05) is 22.6 Å². The highest BCUT2D eigenvalue weighted by Gasteiger charge is 2.53. The highest BCUT2D eigenvalue weighted by Crippen LogP contribution is 2.45. The molecule has 3 aliphatic heterocycles. The van der Waals surface area contributed by atoms with Gasteiger partial charge in [-0.3, -0.25) is 0 Å². The van der Waals surface area contributed by atoms with Crippen molar-refractivity contribution in [1.82, 2.24) is 0 Å². The molecule has 0 spiro atoms. The molecule has 0 amide bonds. The molecule has 0 radical (unpaired) electrons. The van der Waals surface area contributed by atoms with Crippen molar-refractivity contribution < 1.29 is 17.9 Å². The van der Waals surface area contributed by atoms with Crippen molar-refractivity contribution in [2.24, 2.45) is 11.8 Å². The third kappa shape index (κ3) is 1.91. The van der Waals surface area contributed by atoms with Crippen LogP contribution in [0.15, 0.2) is 0 Å². The van der Waals surface area contributed by atoms with E-state index in [0.29, 0.717) is 17.6 Å². The molecular formula is C10H15IO4S. The molecule has 16 heavy (non-hydrogen) atoms. The van der Waals surface area contributed by atoms with E-state index in [1.165, 1.54) is 0 Å². The van der Waals surface area contributed by atoms with E-state index in [9.17, 15) is 8.42 Å². The minimum Gasteiger partial charge on any atom is -0.352 e. The van der Waals surface area contributed by atoms with Gasteiger partial charge in [-0.15, -0.1) is 0 Å². The maximum atomic E-state index is 11.7. The van der Waals surface area contributed by atoms with Gasteiger partial charge < -0.3 is 9.47 Å². The van der Waals surface area contributed by atoms with Gasteiger partial charge in [0.1, 0.15) is 0 Å². The number of sulfone groups is 1. The van der Waals surface area contributed by atoms with E-state index in [-0.39, 0.29) is 22.1 Å². The standard InChI is InChI=1S/C10H15IO4S/c11-7-4-16(12,13)5-8-9(7)6-2-1-3-14-10(6)15-8/h6-10H,1-5H2. The molecule has 0 aromatic heterocycles. The van der Waals surface area contributed by atoms with Crippen LogP contribution in [-0.4, -0.2) is 42.8 Å². The summed E-state index contributed by atoms with van der Waals surface area (Å²) in [5.74, 6) is 1.28. The summed E-state index contributed by atoms with van der Waals surface area (Å²) in [6.07, 6.45) is 1.91. The van der Waals surface area contributed by atoms with Crippen molar-refractivity contribution in [2.75, 3.05) is 18.1 Å². The zero-order valence-corrected chi connectivity index (χ0v) is 11.8. The largest absolute Gasteiger partial charge is 0.352 e. The molecule has 4 nitrogen and oxygen atoms in total. The Labute approximate surface area is 109 Å². The molecule has 0 aromatic rings. The summed E-state index contributed by atoms with van der Waals surface area (Å²) >= 11 is 2.27. The highest BCUT2D eigenvalue weighted by atomic mass is 127. The van der Waals surface area contributed by atoms with E-state index in [1.54, 1.807) is 0 Å². The predicted molar refractivity (Wildman–Crippen MR) is 67.3 cm³/mol. The molecule has 0 saturated carbocycles. The zero-order chi connectivity index (χ0) is 11.3. The van der Waals surface area contributed by atoms with Crippen LogP contribution in [0.1, 0.15) is 12.8 Å². The van der Waals surface area contributed by atoms with E-state index in [4.69, 9.17) is 9.47 Å². The second kappa shape index (κ2) is 4.07. The van der Waals surface area contributed by atoms with Gasteiger partial charge in [0.05, 0.1) is 17.6 Å². The maximum Gasteiger partial charge on any atom is 0.161 e. The summed E-state index contributed by atoms with van der Waals surface area (Å²) in [7, 11) is -2.92. The molecule has 0 aromatic carbocycles. The van der Waals surface area contributed by atoms with Gasteiger partial charge in [0.15, 0.2) is 16.1 Å². The van der Waals surface area contributed by atoms with Crippen LogP contribution in [0.5, 0.6) is 0 Å². The minimum absolute atomic E-state index is 0.131. The smallest absolute Gasteiger partial charge is 0.161 e. The Bertz CT molecular complexity index is 382. The zero-order valence-electron chi connectivity index (χ0n) is 8.84. The van der Waals surface area contributed by atoms with Gasteiger partial charge >= 0.3 is 0 Å². The number of ether oxygens (including phenoxy) is 2. The molecule has 0 N–H and O–H groups in total. The van der Waals surface area contributed by atoms with Gasteiger partial charge in [-0.25, -0.2) is 8.42 Å². The van der Waals surface area contributed by atoms with Crippen LogP contribution in [0.25, 0.3) is 0 Å². The van der Waals surface area contributed by atoms with Gasteiger partial charge in [-0.05, 0) is 12.8 Å². The Balaban J connectivity index is 1.86. The lowest BCUT2D eigenvalue weighted by atomic mass is 9.84. The molecule has 0 aliphatic carbocycles. The first-order valence-electron chi connectivity index (χ1n) is 5.68. The monoisotopic (exact) mass is 358 g/mol. The Kier molecular flexibility index (Phi) is 2.97. The Morgan fingerprint density at radius 1 is 1.25 bits per heavy atom. The summed E-state index contributed by atoms with van der Waals surface area (Å²) in [6.45, 7) is 0.749. The molecule has 3 heterocycles. The van der Waals surface area contributed by atoms with Crippen molar-refractivity contribution in [1.29, 1.82) is 0 Å². The van der Waals surface area contributed by atoms with E-state index in [0.717, 1.165) is 19.4 Å². The van der Waals surface area contributed by atoms with Gasteiger partial charge in [-0.2, -0.15) is 0 Å². The summed E-state index contributed by atoms with van der Waals surface area (Å²) < 4.78 is 34.9. The van der Waals surface area contributed by atoms with Crippen LogP contribution in [-0.2, 0) is 19.3 Å². The fraction of sp³-hybridized carbons (Fsp3) is 1.00. The molecular weight excluding hydrogens is 343 g/mol. The van der Waals surface area contributed by atoms with Gasteiger partial charge in [0.2, 0.25) is 0 Å². The highest BCUT2D eigenvalue weighted by molar-refractivity contribution is 14.1. The molecule has 3 saturated heterocycles. The number of halogens is 1. The Hall–Kier alpha value is 0.600. The molecule has 92 valence electrons. The average molecular weight is 358 g/mol. The van der Waals surface area contributed by atoms with E-state index < -0.39 is 9.84 Å². The van der Waals surface area contributed by atoms with Crippen LogP contribution in [0.2, 0.25) is 0 Å². The molecule has 5 atom stereocenters. The van der Waals surface area contributed by atoms with Gasteiger partial charge in [0, 0.05) is 22.4 Å². The first-order valence-corrected chi connectivity index (χ1v) is 8.75. The quantitative estimate of drug-likeness (QED) is 0.479. The average Bonchev–Trinajstić information content (AvgIpc) is 2.52. The molecule has 3 rings (SSSR count). The maximum absolute atomic E-state index is 11.7.